The zero-order valence-electron chi connectivity index (χ0n) is 15.0. The summed E-state index contributed by atoms with van der Waals surface area (Å²) >= 11 is 6.19. The minimum Gasteiger partial charge on any atom is -0.493 e. The van der Waals surface area contributed by atoms with Crippen LogP contribution in [0.2, 0.25) is 5.02 Å². The Hall–Kier alpha value is -1.67. The van der Waals surface area contributed by atoms with Crippen LogP contribution in [0.1, 0.15) is 30.0 Å². The second-order valence-electron chi connectivity index (χ2n) is 6.16. The van der Waals surface area contributed by atoms with Crippen LogP contribution in [0.15, 0.2) is 35.2 Å². The average Bonchev–Trinajstić information content (AvgIpc) is 2.60. The van der Waals surface area contributed by atoms with Crippen LogP contribution in [-0.2, 0) is 16.4 Å². The number of nitrogen functional groups attached to an aromatic ring is 1. The van der Waals surface area contributed by atoms with Crippen molar-refractivity contribution in [3.63, 3.8) is 0 Å². The molecular formula is C18H22Cl2N2O4S. The van der Waals surface area contributed by atoms with Gasteiger partial charge in [0.1, 0.15) is 4.90 Å². The molecule has 0 radical (unpaired) electrons. The molecule has 2 aromatic rings. The Morgan fingerprint density at radius 3 is 2.48 bits per heavy atom. The number of ether oxygens (including phenoxy) is 2. The number of hydrogen-bond acceptors (Lipinski definition) is 5. The lowest BCUT2D eigenvalue weighted by Crippen LogP contribution is -2.31. The van der Waals surface area contributed by atoms with Gasteiger partial charge in [0.2, 0.25) is 10.0 Å². The van der Waals surface area contributed by atoms with Gasteiger partial charge < -0.3 is 15.2 Å². The Balaban J connectivity index is 0.00000261. The van der Waals surface area contributed by atoms with Crippen molar-refractivity contribution in [3.8, 4) is 11.5 Å². The largest absolute Gasteiger partial charge is 0.493 e. The maximum atomic E-state index is 12.9. The number of nitrogens with one attached hydrogen (secondary N) is 1. The highest BCUT2D eigenvalue weighted by Crippen LogP contribution is 2.37. The smallest absolute Gasteiger partial charge is 0.242 e. The molecule has 0 aromatic heterocycles. The fourth-order valence-corrected chi connectivity index (χ4v) is 5.03. The van der Waals surface area contributed by atoms with E-state index < -0.39 is 10.0 Å². The highest BCUT2D eigenvalue weighted by atomic mass is 35.5. The molecule has 9 heteroatoms. The molecule has 148 valence electrons. The first-order valence-electron chi connectivity index (χ1n) is 8.18. The molecule has 6 nitrogen and oxygen atoms in total. The van der Waals surface area contributed by atoms with E-state index in [-0.39, 0.29) is 28.4 Å². The van der Waals surface area contributed by atoms with Gasteiger partial charge in [0, 0.05) is 23.9 Å². The van der Waals surface area contributed by atoms with Crippen LogP contribution >= 0.6 is 24.0 Å². The van der Waals surface area contributed by atoms with Gasteiger partial charge in [-0.1, -0.05) is 17.7 Å². The highest BCUT2D eigenvalue weighted by Gasteiger charge is 2.28. The van der Waals surface area contributed by atoms with Crippen molar-refractivity contribution in [2.24, 2.45) is 0 Å². The van der Waals surface area contributed by atoms with E-state index in [1.165, 1.54) is 26.4 Å². The number of nitrogens with two attached hydrogens (primary N) is 1. The van der Waals surface area contributed by atoms with Gasteiger partial charge in [0.15, 0.2) is 11.5 Å². The molecule has 0 bridgehead atoms. The molecular weight excluding hydrogens is 411 g/mol. The number of benzene rings is 2. The maximum Gasteiger partial charge on any atom is 0.242 e. The predicted molar refractivity (Wildman–Crippen MR) is 109 cm³/mol. The third-order valence-electron chi connectivity index (χ3n) is 4.51. The molecule has 0 saturated heterocycles. The van der Waals surface area contributed by atoms with Crippen LogP contribution in [0, 0.1) is 0 Å². The number of halogens is 2. The normalized spacial score (nSPS) is 16.2. The van der Waals surface area contributed by atoms with E-state index in [1.807, 2.05) is 12.1 Å². The quantitative estimate of drug-likeness (QED) is 0.702. The number of sulfonamides is 1. The Labute approximate surface area is 170 Å². The molecule has 0 spiro atoms. The summed E-state index contributed by atoms with van der Waals surface area (Å²) in [5.41, 5.74) is 8.54. The highest BCUT2D eigenvalue weighted by molar-refractivity contribution is 7.89. The van der Waals surface area contributed by atoms with E-state index in [2.05, 4.69) is 4.72 Å². The second-order valence-corrected chi connectivity index (χ2v) is 8.25. The maximum absolute atomic E-state index is 12.9. The fraction of sp³-hybridized carbons (Fsp3) is 0.333. The monoisotopic (exact) mass is 432 g/mol. The van der Waals surface area contributed by atoms with Crippen LogP contribution in [0.5, 0.6) is 11.5 Å². The third-order valence-corrected chi connectivity index (χ3v) is 6.44. The average molecular weight is 433 g/mol. The molecule has 0 saturated carbocycles. The first kappa shape index (κ1) is 21.6. The van der Waals surface area contributed by atoms with Crippen molar-refractivity contribution in [2.75, 3.05) is 20.0 Å². The van der Waals surface area contributed by atoms with Crippen molar-refractivity contribution >= 4 is 39.7 Å². The van der Waals surface area contributed by atoms with Crippen molar-refractivity contribution < 1.29 is 17.9 Å². The van der Waals surface area contributed by atoms with Gasteiger partial charge in [-0.05, 0) is 42.5 Å². The van der Waals surface area contributed by atoms with E-state index >= 15 is 0 Å². The van der Waals surface area contributed by atoms with E-state index in [0.717, 1.165) is 24.0 Å². The SMILES string of the molecule is COc1cc(Cl)c(S(=O)(=O)NC2CCCc3cc(N)ccc32)cc1OC.Cl. The number of anilines is 1. The Morgan fingerprint density at radius 1 is 1.15 bits per heavy atom. The van der Waals surface area contributed by atoms with Crippen LogP contribution in [0.3, 0.4) is 0 Å². The van der Waals surface area contributed by atoms with Crippen LogP contribution in [0.25, 0.3) is 0 Å². The van der Waals surface area contributed by atoms with Gasteiger partial charge in [-0.2, -0.15) is 0 Å². The van der Waals surface area contributed by atoms with Gasteiger partial charge in [-0.3, -0.25) is 0 Å². The number of methoxy groups -OCH3 is 2. The topological polar surface area (TPSA) is 90.7 Å². The van der Waals surface area contributed by atoms with Crippen LogP contribution in [0.4, 0.5) is 5.69 Å². The van der Waals surface area contributed by atoms with Gasteiger partial charge in [0.05, 0.1) is 19.2 Å². The van der Waals surface area contributed by atoms with Crippen molar-refractivity contribution in [2.45, 2.75) is 30.2 Å². The molecule has 3 rings (SSSR count). The summed E-state index contributed by atoms with van der Waals surface area (Å²) in [6, 6.07) is 8.05. The summed E-state index contributed by atoms with van der Waals surface area (Å²) in [4.78, 5) is -0.0422. The standard InChI is InChI=1S/C18H21ClN2O4S.ClH/c1-24-16-9-14(19)18(10-17(16)25-2)26(22,23)21-15-5-3-4-11-8-12(20)6-7-13(11)15;/h6-10,15,21H,3-5,20H2,1-2H3;1H. The zero-order valence-corrected chi connectivity index (χ0v) is 17.4. The number of hydrogen-bond donors (Lipinski definition) is 2. The lowest BCUT2D eigenvalue weighted by Gasteiger charge is -2.26. The number of fused-ring (bicyclic) bond motifs is 1. The van der Waals surface area contributed by atoms with Crippen molar-refractivity contribution in [1.29, 1.82) is 0 Å². The fourth-order valence-electron chi connectivity index (χ4n) is 3.25. The minimum atomic E-state index is -3.85. The first-order valence-corrected chi connectivity index (χ1v) is 10.0. The predicted octanol–water partition coefficient (Wildman–Crippen LogP) is 3.72. The molecule has 2 aromatic carbocycles. The summed E-state index contributed by atoms with van der Waals surface area (Å²) in [5.74, 6) is 0.670. The second kappa shape index (κ2) is 8.56. The Bertz CT molecular complexity index is 935. The lowest BCUT2D eigenvalue weighted by atomic mass is 9.88. The third kappa shape index (κ3) is 4.43. The molecule has 0 heterocycles. The molecule has 3 N–H and O–H groups in total. The van der Waals surface area contributed by atoms with Gasteiger partial charge in [-0.25, -0.2) is 13.1 Å². The molecule has 0 aliphatic heterocycles. The van der Waals surface area contributed by atoms with Gasteiger partial charge in [0.25, 0.3) is 0 Å². The van der Waals surface area contributed by atoms with E-state index in [9.17, 15) is 8.42 Å². The van der Waals surface area contributed by atoms with E-state index in [0.29, 0.717) is 23.6 Å². The first-order chi connectivity index (χ1) is 12.4. The summed E-state index contributed by atoms with van der Waals surface area (Å²) in [7, 11) is -0.944. The number of aryl methyl sites for hydroxylation is 1. The van der Waals surface area contributed by atoms with Crippen LogP contribution in [-0.4, -0.2) is 22.6 Å². The summed E-state index contributed by atoms with van der Waals surface area (Å²) in [6.45, 7) is 0. The summed E-state index contributed by atoms with van der Waals surface area (Å²) in [6.07, 6.45) is 2.47. The Morgan fingerprint density at radius 2 is 1.81 bits per heavy atom. The van der Waals surface area contributed by atoms with Gasteiger partial charge >= 0.3 is 0 Å². The van der Waals surface area contributed by atoms with E-state index in [1.54, 1.807) is 6.07 Å². The number of rotatable bonds is 5. The Kier molecular flexibility index (Phi) is 6.86. The molecule has 1 atom stereocenters. The molecule has 1 unspecified atom stereocenters. The van der Waals surface area contributed by atoms with Crippen molar-refractivity contribution in [3.05, 3.63) is 46.5 Å². The lowest BCUT2D eigenvalue weighted by molar-refractivity contribution is 0.354. The molecule has 1 aliphatic rings. The van der Waals surface area contributed by atoms with Crippen LogP contribution < -0.4 is 19.9 Å². The minimum absolute atomic E-state index is 0. The summed E-state index contributed by atoms with van der Waals surface area (Å²) < 4.78 is 39.0. The van der Waals surface area contributed by atoms with Crippen molar-refractivity contribution in [1.82, 2.24) is 4.72 Å². The van der Waals surface area contributed by atoms with Gasteiger partial charge in [-0.15, -0.1) is 12.4 Å². The molecule has 1 aliphatic carbocycles. The summed E-state index contributed by atoms with van der Waals surface area (Å²) in [5, 5.41) is 0.0727. The molecule has 27 heavy (non-hydrogen) atoms. The zero-order chi connectivity index (χ0) is 18.9. The molecule has 0 fully saturated rings. The molecule has 0 amide bonds. The van der Waals surface area contributed by atoms with E-state index in [4.69, 9.17) is 26.8 Å².